The minimum atomic E-state index is -0.433. The van der Waals surface area contributed by atoms with E-state index in [0.29, 0.717) is 23.6 Å². The average molecular weight is 289 g/mol. The van der Waals surface area contributed by atoms with Crippen molar-refractivity contribution in [3.63, 3.8) is 0 Å². The Labute approximate surface area is 123 Å². The third kappa shape index (κ3) is 3.84. The molecule has 0 N–H and O–H groups in total. The van der Waals surface area contributed by atoms with Gasteiger partial charge in [0.1, 0.15) is 30.3 Å². The molecule has 2 rings (SSSR count). The Morgan fingerprint density at radius 1 is 1.29 bits per heavy atom. The Kier molecular flexibility index (Phi) is 4.98. The van der Waals surface area contributed by atoms with Crippen LogP contribution in [0.1, 0.15) is 34.3 Å². The highest BCUT2D eigenvalue weighted by Crippen LogP contribution is 2.15. The topological polar surface area (TPSA) is 61.6 Å². The van der Waals surface area contributed by atoms with Crippen LogP contribution in [-0.4, -0.2) is 24.3 Å². The number of ether oxygens (including phenoxy) is 2. The summed E-state index contributed by atoms with van der Waals surface area (Å²) >= 11 is 0. The fraction of sp³-hybridized carbons (Fsp3) is 0.375. The molecule has 21 heavy (non-hydrogen) atoms. The summed E-state index contributed by atoms with van der Waals surface area (Å²) in [5.74, 6) is 0.814. The van der Waals surface area contributed by atoms with Gasteiger partial charge in [-0.2, -0.15) is 0 Å². The molecule has 0 spiro atoms. The Bertz CT molecular complexity index is 599. The molecule has 0 saturated heterocycles. The fourth-order valence-corrected chi connectivity index (χ4v) is 2.00. The lowest BCUT2D eigenvalue weighted by Gasteiger charge is -2.08. The van der Waals surface area contributed by atoms with E-state index < -0.39 is 5.97 Å². The second kappa shape index (κ2) is 6.92. The van der Waals surface area contributed by atoms with Crippen molar-refractivity contribution < 1.29 is 18.8 Å². The van der Waals surface area contributed by atoms with Crippen LogP contribution in [0, 0.1) is 13.8 Å². The molecule has 1 aromatic heterocycles. The quantitative estimate of drug-likeness (QED) is 0.604. The van der Waals surface area contributed by atoms with Crippen LogP contribution in [0.4, 0.5) is 0 Å². The van der Waals surface area contributed by atoms with E-state index in [1.807, 2.05) is 24.3 Å². The lowest BCUT2D eigenvalue weighted by atomic mass is 10.2. The SMILES string of the molecule is CCc1cccc(OCCOC(=O)c2c(C)noc2C)c1. The number of carbonyl (C=O) groups excluding carboxylic acids is 1. The smallest absolute Gasteiger partial charge is 0.343 e. The third-order valence-corrected chi connectivity index (χ3v) is 3.13. The first-order valence-electron chi connectivity index (χ1n) is 6.93. The third-order valence-electron chi connectivity index (χ3n) is 3.13. The monoisotopic (exact) mass is 289 g/mol. The van der Waals surface area contributed by atoms with Crippen molar-refractivity contribution in [2.24, 2.45) is 0 Å². The van der Waals surface area contributed by atoms with Crippen LogP contribution in [0.3, 0.4) is 0 Å². The number of rotatable bonds is 6. The molecule has 5 nitrogen and oxygen atoms in total. The Balaban J connectivity index is 1.81. The summed E-state index contributed by atoms with van der Waals surface area (Å²) < 4.78 is 15.7. The summed E-state index contributed by atoms with van der Waals surface area (Å²) in [6.45, 7) is 5.97. The molecule has 2 aromatic rings. The predicted octanol–water partition coefficient (Wildman–Crippen LogP) is 3.09. The Hall–Kier alpha value is -2.30. The van der Waals surface area contributed by atoms with Gasteiger partial charge in [0.15, 0.2) is 0 Å². The van der Waals surface area contributed by atoms with Gasteiger partial charge in [0.05, 0.1) is 5.69 Å². The molecule has 0 bridgehead atoms. The van der Waals surface area contributed by atoms with Gasteiger partial charge in [-0.25, -0.2) is 4.79 Å². The molecular formula is C16H19NO4. The van der Waals surface area contributed by atoms with Gasteiger partial charge in [0.2, 0.25) is 0 Å². The maximum Gasteiger partial charge on any atom is 0.343 e. The van der Waals surface area contributed by atoms with Crippen LogP contribution < -0.4 is 4.74 Å². The number of aromatic nitrogens is 1. The van der Waals surface area contributed by atoms with Gasteiger partial charge < -0.3 is 14.0 Å². The summed E-state index contributed by atoms with van der Waals surface area (Å²) in [5.41, 5.74) is 2.14. The van der Waals surface area contributed by atoms with Crippen molar-refractivity contribution in [2.75, 3.05) is 13.2 Å². The van der Waals surface area contributed by atoms with Crippen LogP contribution in [0.15, 0.2) is 28.8 Å². The van der Waals surface area contributed by atoms with E-state index in [1.165, 1.54) is 5.56 Å². The second-order valence-electron chi connectivity index (χ2n) is 4.68. The Morgan fingerprint density at radius 2 is 2.10 bits per heavy atom. The van der Waals surface area contributed by atoms with Crippen molar-refractivity contribution in [2.45, 2.75) is 27.2 Å². The van der Waals surface area contributed by atoms with E-state index in [4.69, 9.17) is 14.0 Å². The summed E-state index contributed by atoms with van der Waals surface area (Å²) in [5, 5.41) is 3.73. The van der Waals surface area contributed by atoms with Gasteiger partial charge in [-0.05, 0) is 38.0 Å². The van der Waals surface area contributed by atoms with Crippen molar-refractivity contribution in [3.05, 3.63) is 46.8 Å². The summed E-state index contributed by atoms with van der Waals surface area (Å²) in [6.07, 6.45) is 0.957. The van der Waals surface area contributed by atoms with E-state index in [-0.39, 0.29) is 6.61 Å². The van der Waals surface area contributed by atoms with Crippen LogP contribution in [0.25, 0.3) is 0 Å². The number of nitrogens with zero attached hydrogens (tertiary/aromatic N) is 1. The molecule has 0 aliphatic rings. The second-order valence-corrected chi connectivity index (χ2v) is 4.68. The highest BCUT2D eigenvalue weighted by atomic mass is 16.6. The normalized spacial score (nSPS) is 10.4. The van der Waals surface area contributed by atoms with E-state index in [2.05, 4.69) is 12.1 Å². The lowest BCUT2D eigenvalue weighted by molar-refractivity contribution is 0.0447. The molecule has 1 heterocycles. The molecule has 0 radical (unpaired) electrons. The molecular weight excluding hydrogens is 270 g/mol. The highest BCUT2D eigenvalue weighted by molar-refractivity contribution is 5.91. The molecule has 0 fully saturated rings. The van der Waals surface area contributed by atoms with Crippen LogP contribution >= 0.6 is 0 Å². The summed E-state index contributed by atoms with van der Waals surface area (Å²) in [6, 6.07) is 7.86. The minimum Gasteiger partial charge on any atom is -0.490 e. The van der Waals surface area contributed by atoms with Gasteiger partial charge in [0.25, 0.3) is 0 Å². The zero-order valence-electron chi connectivity index (χ0n) is 12.5. The molecule has 0 atom stereocenters. The van der Waals surface area contributed by atoms with Crippen LogP contribution in [-0.2, 0) is 11.2 Å². The number of carbonyl (C=O) groups is 1. The van der Waals surface area contributed by atoms with Crippen molar-refractivity contribution in [1.82, 2.24) is 5.16 Å². The minimum absolute atomic E-state index is 0.180. The van der Waals surface area contributed by atoms with E-state index >= 15 is 0 Å². The fourth-order valence-electron chi connectivity index (χ4n) is 2.00. The van der Waals surface area contributed by atoms with E-state index in [9.17, 15) is 4.79 Å². The van der Waals surface area contributed by atoms with Crippen molar-refractivity contribution in [3.8, 4) is 5.75 Å². The molecule has 0 amide bonds. The van der Waals surface area contributed by atoms with E-state index in [0.717, 1.165) is 12.2 Å². The van der Waals surface area contributed by atoms with Gasteiger partial charge in [0, 0.05) is 0 Å². The molecule has 1 aromatic carbocycles. The van der Waals surface area contributed by atoms with Crippen molar-refractivity contribution >= 4 is 5.97 Å². The van der Waals surface area contributed by atoms with E-state index in [1.54, 1.807) is 13.8 Å². The molecule has 112 valence electrons. The number of esters is 1. The summed E-state index contributed by atoms with van der Waals surface area (Å²) in [4.78, 5) is 11.9. The molecule has 0 aliphatic carbocycles. The first kappa shape index (κ1) is 15.1. The first-order valence-corrected chi connectivity index (χ1v) is 6.93. The van der Waals surface area contributed by atoms with Crippen LogP contribution in [0.5, 0.6) is 5.75 Å². The Morgan fingerprint density at radius 3 is 2.76 bits per heavy atom. The first-order chi connectivity index (χ1) is 10.1. The predicted molar refractivity (Wildman–Crippen MR) is 77.6 cm³/mol. The molecule has 0 saturated carbocycles. The maximum atomic E-state index is 11.9. The lowest BCUT2D eigenvalue weighted by Crippen LogP contribution is -2.13. The van der Waals surface area contributed by atoms with Gasteiger partial charge in [-0.3, -0.25) is 0 Å². The number of benzene rings is 1. The molecule has 0 unspecified atom stereocenters. The van der Waals surface area contributed by atoms with Gasteiger partial charge in [-0.1, -0.05) is 24.2 Å². The summed E-state index contributed by atoms with van der Waals surface area (Å²) in [7, 11) is 0. The van der Waals surface area contributed by atoms with Gasteiger partial charge in [-0.15, -0.1) is 0 Å². The maximum absolute atomic E-state index is 11.9. The average Bonchev–Trinajstić information content (AvgIpc) is 2.83. The zero-order chi connectivity index (χ0) is 15.2. The van der Waals surface area contributed by atoms with Gasteiger partial charge >= 0.3 is 5.97 Å². The molecule has 5 heteroatoms. The number of hydrogen-bond donors (Lipinski definition) is 0. The number of hydrogen-bond acceptors (Lipinski definition) is 5. The van der Waals surface area contributed by atoms with Crippen molar-refractivity contribution in [1.29, 1.82) is 0 Å². The molecule has 0 aliphatic heterocycles. The largest absolute Gasteiger partial charge is 0.490 e. The standard InChI is InChI=1S/C16H19NO4/c1-4-13-6-5-7-14(10-13)19-8-9-20-16(18)15-11(2)17-21-12(15)3/h5-7,10H,4,8-9H2,1-3H3. The number of aryl methyl sites for hydroxylation is 3. The highest BCUT2D eigenvalue weighted by Gasteiger charge is 2.18. The zero-order valence-corrected chi connectivity index (χ0v) is 12.5. The van der Waals surface area contributed by atoms with Crippen LogP contribution in [0.2, 0.25) is 0 Å².